The number of rotatable bonds is 11. The minimum atomic E-state index is -1.34. The number of amides is 2. The van der Waals surface area contributed by atoms with Crippen molar-refractivity contribution in [3.63, 3.8) is 0 Å². The number of carbonyl (C=O) groups excluding carboxylic acids is 2. The zero-order valence-corrected chi connectivity index (χ0v) is 13.9. The van der Waals surface area contributed by atoms with Gasteiger partial charge in [0.1, 0.15) is 12.1 Å². The van der Waals surface area contributed by atoms with E-state index in [-0.39, 0.29) is 6.42 Å². The zero-order chi connectivity index (χ0) is 18.0. The molecule has 0 aromatic heterocycles. The number of aliphatic carboxylic acids is 2. The normalized spacial score (nSPS) is 14.4. The van der Waals surface area contributed by atoms with Gasteiger partial charge < -0.3 is 26.6 Å². The summed E-state index contributed by atoms with van der Waals surface area (Å²) in [7, 11) is 0. The molecule has 0 fully saturated rings. The number of carbonyl (C=O) groups is 4. The number of nitrogens with two attached hydrogens (primary N) is 1. The molecule has 0 unspecified atom stereocenters. The average Bonchev–Trinajstić information content (AvgIpc) is 2.47. The maximum absolute atomic E-state index is 11.9. The maximum atomic E-state index is 11.9. The van der Waals surface area contributed by atoms with Gasteiger partial charge in [-0.3, -0.25) is 14.4 Å². The summed E-state index contributed by atoms with van der Waals surface area (Å²) in [4.78, 5) is 45.1. The molecule has 0 aromatic carbocycles. The van der Waals surface area contributed by atoms with Crippen LogP contribution in [0.1, 0.15) is 26.2 Å². The quantitative estimate of drug-likeness (QED) is 0.318. The van der Waals surface area contributed by atoms with E-state index in [0.717, 1.165) is 0 Å². The molecule has 0 aliphatic heterocycles. The molecule has 132 valence electrons. The molecule has 0 spiro atoms. The van der Waals surface area contributed by atoms with Crippen LogP contribution >= 0.6 is 11.8 Å². The Labute approximate surface area is 138 Å². The highest BCUT2D eigenvalue weighted by molar-refractivity contribution is 7.98. The number of carboxylic acids is 2. The Hall–Kier alpha value is -1.81. The van der Waals surface area contributed by atoms with Gasteiger partial charge >= 0.3 is 11.9 Å². The molecule has 23 heavy (non-hydrogen) atoms. The summed E-state index contributed by atoms with van der Waals surface area (Å²) in [5.41, 5.74) is 5.67. The first-order chi connectivity index (χ1) is 10.7. The van der Waals surface area contributed by atoms with E-state index in [2.05, 4.69) is 10.6 Å². The van der Waals surface area contributed by atoms with Gasteiger partial charge in [-0.15, -0.1) is 0 Å². The molecule has 0 radical (unpaired) electrons. The van der Waals surface area contributed by atoms with Crippen molar-refractivity contribution in [1.29, 1.82) is 0 Å². The Bertz CT molecular complexity index is 445. The molecule has 9 nitrogen and oxygen atoms in total. The summed E-state index contributed by atoms with van der Waals surface area (Å²) < 4.78 is 0. The lowest BCUT2D eigenvalue weighted by molar-refractivity contribution is -0.143. The van der Waals surface area contributed by atoms with Crippen LogP contribution in [0.25, 0.3) is 0 Å². The summed E-state index contributed by atoms with van der Waals surface area (Å²) in [6.07, 6.45) is 1.70. The van der Waals surface area contributed by atoms with E-state index in [1.807, 2.05) is 6.26 Å². The van der Waals surface area contributed by atoms with Crippen molar-refractivity contribution in [1.82, 2.24) is 10.6 Å². The number of thioether (sulfide) groups is 1. The van der Waals surface area contributed by atoms with Crippen LogP contribution in [-0.2, 0) is 19.2 Å². The van der Waals surface area contributed by atoms with E-state index in [4.69, 9.17) is 15.9 Å². The Morgan fingerprint density at radius 3 is 2.17 bits per heavy atom. The van der Waals surface area contributed by atoms with Gasteiger partial charge in [0.25, 0.3) is 0 Å². The number of nitrogens with one attached hydrogen (secondary N) is 2. The van der Waals surface area contributed by atoms with Crippen molar-refractivity contribution < 1.29 is 29.4 Å². The zero-order valence-electron chi connectivity index (χ0n) is 13.1. The second-order valence-corrected chi connectivity index (χ2v) is 5.94. The van der Waals surface area contributed by atoms with Crippen molar-refractivity contribution in [2.45, 2.75) is 44.3 Å². The van der Waals surface area contributed by atoms with E-state index in [0.29, 0.717) is 12.2 Å². The molecule has 3 atom stereocenters. The Morgan fingerprint density at radius 2 is 1.70 bits per heavy atom. The van der Waals surface area contributed by atoms with E-state index in [1.165, 1.54) is 18.7 Å². The van der Waals surface area contributed by atoms with Crippen LogP contribution in [-0.4, -0.2) is 64.1 Å². The Balaban J connectivity index is 4.48. The van der Waals surface area contributed by atoms with E-state index in [1.54, 1.807) is 0 Å². The summed E-state index contributed by atoms with van der Waals surface area (Å²) >= 11 is 1.54. The molecule has 0 saturated carbocycles. The molecular formula is C13H23N3O6S. The molecule has 0 aromatic rings. The van der Waals surface area contributed by atoms with Gasteiger partial charge in [0.15, 0.2) is 0 Å². The molecule has 2 amide bonds. The Kier molecular flexibility index (Phi) is 9.99. The molecular weight excluding hydrogens is 326 g/mol. The summed E-state index contributed by atoms with van der Waals surface area (Å²) in [5, 5.41) is 22.1. The molecule has 0 bridgehead atoms. The monoisotopic (exact) mass is 349 g/mol. The predicted molar refractivity (Wildman–Crippen MR) is 85.0 cm³/mol. The van der Waals surface area contributed by atoms with Crippen LogP contribution < -0.4 is 16.4 Å². The van der Waals surface area contributed by atoms with Crippen molar-refractivity contribution in [3.8, 4) is 0 Å². The lowest BCUT2D eigenvalue weighted by Crippen LogP contribution is -2.53. The molecule has 0 heterocycles. The highest BCUT2D eigenvalue weighted by atomic mass is 32.2. The van der Waals surface area contributed by atoms with Gasteiger partial charge in [-0.2, -0.15) is 11.8 Å². The van der Waals surface area contributed by atoms with Gasteiger partial charge in [0, 0.05) is 6.42 Å². The van der Waals surface area contributed by atoms with Crippen LogP contribution in [0, 0.1) is 0 Å². The van der Waals surface area contributed by atoms with Crippen LogP contribution in [0.15, 0.2) is 0 Å². The lowest BCUT2D eigenvalue weighted by atomic mass is 10.1. The van der Waals surface area contributed by atoms with Crippen molar-refractivity contribution in [3.05, 3.63) is 0 Å². The van der Waals surface area contributed by atoms with Crippen LogP contribution in [0.3, 0.4) is 0 Å². The fourth-order valence-electron chi connectivity index (χ4n) is 1.58. The van der Waals surface area contributed by atoms with Crippen molar-refractivity contribution in [2.75, 3.05) is 12.0 Å². The van der Waals surface area contributed by atoms with E-state index < -0.39 is 48.3 Å². The highest BCUT2D eigenvalue weighted by Gasteiger charge is 2.25. The molecule has 0 aliphatic rings. The third kappa shape index (κ3) is 9.04. The second kappa shape index (κ2) is 10.8. The van der Waals surface area contributed by atoms with Crippen LogP contribution in [0.5, 0.6) is 0 Å². The largest absolute Gasteiger partial charge is 0.481 e. The molecule has 0 aliphatic carbocycles. The average molecular weight is 349 g/mol. The third-order valence-corrected chi connectivity index (χ3v) is 3.63. The summed E-state index contributed by atoms with van der Waals surface area (Å²) in [6.45, 7) is 1.39. The SMILES string of the molecule is CSCC[C@H](N)C(=O)N[C@@H](C)C(=O)N[C@@H](CCC(=O)O)C(=O)O. The third-order valence-electron chi connectivity index (χ3n) is 2.98. The highest BCUT2D eigenvalue weighted by Crippen LogP contribution is 2.01. The smallest absolute Gasteiger partial charge is 0.326 e. The first-order valence-electron chi connectivity index (χ1n) is 6.98. The Morgan fingerprint density at radius 1 is 1.09 bits per heavy atom. The van der Waals surface area contributed by atoms with Crippen molar-refractivity contribution in [2.24, 2.45) is 5.73 Å². The second-order valence-electron chi connectivity index (χ2n) is 4.95. The predicted octanol–water partition coefficient (Wildman–Crippen LogP) is -0.994. The minimum absolute atomic E-state index is 0.246. The molecule has 10 heteroatoms. The van der Waals surface area contributed by atoms with E-state index >= 15 is 0 Å². The van der Waals surface area contributed by atoms with Gasteiger partial charge in [0.05, 0.1) is 6.04 Å². The first kappa shape index (κ1) is 21.2. The van der Waals surface area contributed by atoms with Crippen LogP contribution in [0.2, 0.25) is 0 Å². The first-order valence-corrected chi connectivity index (χ1v) is 8.38. The van der Waals surface area contributed by atoms with Gasteiger partial charge in [-0.1, -0.05) is 0 Å². The van der Waals surface area contributed by atoms with Crippen LogP contribution in [0.4, 0.5) is 0 Å². The molecule has 6 N–H and O–H groups in total. The minimum Gasteiger partial charge on any atom is -0.481 e. The maximum Gasteiger partial charge on any atom is 0.326 e. The molecule has 0 rings (SSSR count). The molecule has 0 saturated heterocycles. The fourth-order valence-corrected chi connectivity index (χ4v) is 2.07. The lowest BCUT2D eigenvalue weighted by Gasteiger charge is -2.20. The van der Waals surface area contributed by atoms with Gasteiger partial charge in [-0.25, -0.2) is 4.79 Å². The standard InChI is InChI=1S/C13H23N3O6S/c1-7(15-12(20)8(14)5-6-23-2)11(19)16-9(13(21)22)3-4-10(17)18/h7-9H,3-6,14H2,1-2H3,(H,15,20)(H,16,19)(H,17,18)(H,21,22)/t7-,8-,9-/m0/s1. The number of hydrogen-bond donors (Lipinski definition) is 5. The fraction of sp³-hybridized carbons (Fsp3) is 0.692. The topological polar surface area (TPSA) is 159 Å². The van der Waals surface area contributed by atoms with Gasteiger partial charge in [0.2, 0.25) is 11.8 Å². The number of hydrogen-bond acceptors (Lipinski definition) is 6. The van der Waals surface area contributed by atoms with Crippen molar-refractivity contribution >= 4 is 35.5 Å². The number of carboxylic acid groups (broad SMARTS) is 2. The summed E-state index contributed by atoms with van der Waals surface area (Å²) in [6, 6.07) is -3.06. The summed E-state index contributed by atoms with van der Waals surface area (Å²) in [5.74, 6) is -3.01. The van der Waals surface area contributed by atoms with E-state index in [9.17, 15) is 19.2 Å². The van der Waals surface area contributed by atoms with Gasteiger partial charge in [-0.05, 0) is 31.8 Å².